The Morgan fingerprint density at radius 2 is 2.00 bits per heavy atom. The molecular weight excluding hydrogens is 345 g/mol. The van der Waals surface area contributed by atoms with E-state index in [1.54, 1.807) is 12.1 Å². The lowest BCUT2D eigenvalue weighted by atomic mass is 10.1. The molecule has 0 fully saturated rings. The molecule has 1 atom stereocenters. The summed E-state index contributed by atoms with van der Waals surface area (Å²) in [4.78, 5) is 24.5. The number of ether oxygens (including phenoxy) is 2. The number of fused-ring (bicyclic) bond motifs is 1. The molecule has 5 nitrogen and oxygen atoms in total. The standard InChI is InChI=1S/C18H22FNO4S/c1-10(2)11(3)20-15(21)9-24-18(22)17-12(8-23-4)16-13(19)6-5-7-14(16)25-17/h5-7,10-11H,8-9H2,1-4H3,(H,20,21). The molecule has 0 saturated heterocycles. The third kappa shape index (κ3) is 4.55. The molecule has 1 N–H and O–H groups in total. The number of hydrogen-bond donors (Lipinski definition) is 1. The number of nitrogens with one attached hydrogen (secondary N) is 1. The maximum absolute atomic E-state index is 14.1. The molecule has 0 aliphatic heterocycles. The van der Waals surface area contributed by atoms with Gasteiger partial charge in [-0.15, -0.1) is 11.3 Å². The topological polar surface area (TPSA) is 64.6 Å². The number of benzene rings is 1. The maximum Gasteiger partial charge on any atom is 0.349 e. The quantitative estimate of drug-likeness (QED) is 0.761. The smallest absolute Gasteiger partial charge is 0.349 e. The summed E-state index contributed by atoms with van der Waals surface area (Å²) >= 11 is 1.13. The van der Waals surface area contributed by atoms with Crippen molar-refractivity contribution in [3.8, 4) is 0 Å². The molecule has 2 rings (SSSR count). The van der Waals surface area contributed by atoms with Crippen molar-refractivity contribution in [3.05, 3.63) is 34.5 Å². The van der Waals surface area contributed by atoms with Crippen LogP contribution in [0.5, 0.6) is 0 Å². The molecule has 1 aromatic carbocycles. The van der Waals surface area contributed by atoms with Gasteiger partial charge in [0.1, 0.15) is 10.7 Å². The van der Waals surface area contributed by atoms with E-state index in [0.29, 0.717) is 15.6 Å². The van der Waals surface area contributed by atoms with Crippen molar-refractivity contribution < 1.29 is 23.5 Å². The molecule has 2 aromatic rings. The second-order valence-corrected chi connectivity index (χ2v) is 7.18. The fraction of sp³-hybridized carbons (Fsp3) is 0.444. The van der Waals surface area contributed by atoms with Gasteiger partial charge in [-0.25, -0.2) is 9.18 Å². The fourth-order valence-electron chi connectivity index (χ4n) is 2.27. The minimum Gasteiger partial charge on any atom is -0.451 e. The van der Waals surface area contributed by atoms with Gasteiger partial charge in [0, 0.05) is 28.8 Å². The Bertz CT molecular complexity index is 772. The van der Waals surface area contributed by atoms with E-state index in [2.05, 4.69) is 5.32 Å². The lowest BCUT2D eigenvalue weighted by molar-refractivity contribution is -0.125. The minimum atomic E-state index is -0.653. The zero-order valence-corrected chi connectivity index (χ0v) is 15.5. The van der Waals surface area contributed by atoms with Crippen molar-refractivity contribution >= 4 is 33.3 Å². The number of carbonyl (C=O) groups is 2. The zero-order valence-electron chi connectivity index (χ0n) is 14.7. The van der Waals surface area contributed by atoms with E-state index in [9.17, 15) is 14.0 Å². The molecule has 0 radical (unpaired) electrons. The lowest BCUT2D eigenvalue weighted by Crippen LogP contribution is -2.38. The Hall–Kier alpha value is -1.99. The summed E-state index contributed by atoms with van der Waals surface area (Å²) in [5, 5.41) is 3.12. The molecule has 0 saturated carbocycles. The first-order valence-corrected chi connectivity index (χ1v) is 8.82. The number of carbonyl (C=O) groups excluding carboxylic acids is 2. The molecule has 136 valence electrons. The first kappa shape index (κ1) is 19.3. The van der Waals surface area contributed by atoms with Crippen molar-refractivity contribution in [2.45, 2.75) is 33.4 Å². The summed E-state index contributed by atoms with van der Waals surface area (Å²) in [6.45, 7) is 5.57. The Kier molecular flexibility index (Phi) is 6.50. The van der Waals surface area contributed by atoms with Crippen molar-refractivity contribution in [3.63, 3.8) is 0 Å². The van der Waals surface area contributed by atoms with Gasteiger partial charge in [-0.2, -0.15) is 0 Å². The first-order chi connectivity index (χ1) is 11.8. The third-order valence-electron chi connectivity index (χ3n) is 3.96. The highest BCUT2D eigenvalue weighted by molar-refractivity contribution is 7.21. The Labute approximate surface area is 150 Å². The fourth-order valence-corrected chi connectivity index (χ4v) is 3.39. The Balaban J connectivity index is 2.15. The summed E-state index contributed by atoms with van der Waals surface area (Å²) in [6, 6.07) is 4.63. The van der Waals surface area contributed by atoms with Gasteiger partial charge in [-0.1, -0.05) is 19.9 Å². The van der Waals surface area contributed by atoms with Crippen molar-refractivity contribution in [1.82, 2.24) is 5.32 Å². The van der Waals surface area contributed by atoms with Crippen LogP contribution in [0.2, 0.25) is 0 Å². The monoisotopic (exact) mass is 367 g/mol. The van der Waals surface area contributed by atoms with Gasteiger partial charge in [0.25, 0.3) is 5.91 Å². The summed E-state index contributed by atoms with van der Waals surface area (Å²) in [5.41, 5.74) is 0.446. The Morgan fingerprint density at radius 1 is 1.28 bits per heavy atom. The van der Waals surface area contributed by atoms with Crippen LogP contribution in [0.3, 0.4) is 0 Å². The molecule has 0 spiro atoms. The van der Waals surface area contributed by atoms with Crippen LogP contribution in [0.4, 0.5) is 4.39 Å². The number of halogens is 1. The van der Waals surface area contributed by atoms with Crippen LogP contribution in [0.1, 0.15) is 36.0 Å². The second-order valence-electron chi connectivity index (χ2n) is 6.13. The van der Waals surface area contributed by atoms with Crippen LogP contribution in [0, 0.1) is 11.7 Å². The molecule has 0 bridgehead atoms. The zero-order chi connectivity index (χ0) is 18.6. The van der Waals surface area contributed by atoms with Crippen molar-refractivity contribution in [1.29, 1.82) is 0 Å². The first-order valence-electron chi connectivity index (χ1n) is 8.00. The molecule has 7 heteroatoms. The average Bonchev–Trinajstić information content (AvgIpc) is 2.93. The largest absolute Gasteiger partial charge is 0.451 e. The van der Waals surface area contributed by atoms with Crippen LogP contribution < -0.4 is 5.32 Å². The predicted molar refractivity (Wildman–Crippen MR) is 95.2 cm³/mol. The van der Waals surface area contributed by atoms with E-state index < -0.39 is 11.8 Å². The molecule has 1 aromatic heterocycles. The number of amides is 1. The highest BCUT2D eigenvalue weighted by Gasteiger charge is 2.22. The van der Waals surface area contributed by atoms with Crippen molar-refractivity contribution in [2.75, 3.05) is 13.7 Å². The summed E-state index contributed by atoms with van der Waals surface area (Å²) < 4.78 is 25.0. The van der Waals surface area contributed by atoms with Crippen LogP contribution in [0.15, 0.2) is 18.2 Å². The van der Waals surface area contributed by atoms with E-state index in [1.165, 1.54) is 13.2 Å². The highest BCUT2D eigenvalue weighted by Crippen LogP contribution is 2.34. The summed E-state index contributed by atoms with van der Waals surface area (Å²) in [6.07, 6.45) is 0. The van der Waals surface area contributed by atoms with Gasteiger partial charge in [0.2, 0.25) is 0 Å². The van der Waals surface area contributed by atoms with Crippen LogP contribution in [0.25, 0.3) is 10.1 Å². The van der Waals surface area contributed by atoms with Gasteiger partial charge in [-0.3, -0.25) is 4.79 Å². The predicted octanol–water partition coefficient (Wildman–Crippen LogP) is 3.50. The molecule has 1 heterocycles. The molecule has 1 unspecified atom stereocenters. The van der Waals surface area contributed by atoms with E-state index in [-0.39, 0.29) is 36.0 Å². The summed E-state index contributed by atoms with van der Waals surface area (Å²) in [7, 11) is 1.47. The SMILES string of the molecule is COCc1c(C(=O)OCC(=O)NC(C)C(C)C)sc2cccc(F)c12. The van der Waals surface area contributed by atoms with Crippen molar-refractivity contribution in [2.24, 2.45) is 5.92 Å². The van der Waals surface area contributed by atoms with Gasteiger partial charge < -0.3 is 14.8 Å². The Morgan fingerprint density at radius 3 is 2.64 bits per heavy atom. The van der Waals surface area contributed by atoms with Gasteiger partial charge in [-0.05, 0) is 25.0 Å². The molecular formula is C18H22FNO4S. The van der Waals surface area contributed by atoms with E-state index >= 15 is 0 Å². The molecule has 1 amide bonds. The number of hydrogen-bond acceptors (Lipinski definition) is 5. The highest BCUT2D eigenvalue weighted by atomic mass is 32.1. The minimum absolute atomic E-state index is 0.0197. The third-order valence-corrected chi connectivity index (χ3v) is 5.14. The molecule has 0 aliphatic rings. The van der Waals surface area contributed by atoms with Gasteiger partial charge in [0.05, 0.1) is 6.61 Å². The number of rotatable bonds is 7. The van der Waals surface area contributed by atoms with Gasteiger partial charge in [0.15, 0.2) is 6.61 Å². The number of esters is 1. The number of thiophene rings is 1. The number of methoxy groups -OCH3 is 1. The van der Waals surface area contributed by atoms with E-state index in [0.717, 1.165) is 11.3 Å². The van der Waals surface area contributed by atoms with E-state index in [4.69, 9.17) is 9.47 Å². The molecule has 0 aliphatic carbocycles. The second kappa shape index (κ2) is 8.40. The van der Waals surface area contributed by atoms with Crippen LogP contribution >= 0.6 is 11.3 Å². The average molecular weight is 367 g/mol. The lowest BCUT2D eigenvalue weighted by Gasteiger charge is -2.17. The van der Waals surface area contributed by atoms with Crippen LogP contribution in [-0.4, -0.2) is 31.6 Å². The maximum atomic E-state index is 14.1. The summed E-state index contributed by atoms with van der Waals surface area (Å²) in [5.74, 6) is -1.16. The van der Waals surface area contributed by atoms with Gasteiger partial charge >= 0.3 is 5.97 Å². The van der Waals surface area contributed by atoms with E-state index in [1.807, 2.05) is 20.8 Å². The normalized spacial score (nSPS) is 12.4. The van der Waals surface area contributed by atoms with Crippen LogP contribution in [-0.2, 0) is 20.9 Å². The molecule has 25 heavy (non-hydrogen) atoms.